The molecule has 33 heavy (non-hydrogen) atoms. The lowest BCUT2D eigenvalue weighted by molar-refractivity contribution is -0.155. The van der Waals surface area contributed by atoms with Crippen molar-refractivity contribution in [2.45, 2.75) is 86.0 Å². The van der Waals surface area contributed by atoms with Crippen molar-refractivity contribution in [3.63, 3.8) is 0 Å². The number of carbonyl (C=O) groups is 4. The van der Waals surface area contributed by atoms with Gasteiger partial charge in [0.15, 0.2) is 18.2 Å². The van der Waals surface area contributed by atoms with Gasteiger partial charge in [0.1, 0.15) is 5.78 Å². The van der Waals surface area contributed by atoms with E-state index in [9.17, 15) is 19.2 Å². The van der Waals surface area contributed by atoms with Crippen LogP contribution in [0.2, 0.25) is 0 Å². The topological polar surface area (TPSA) is 77.5 Å². The number of hydrogen-bond donors (Lipinski definition) is 0. The molecule has 0 aliphatic heterocycles. The minimum Gasteiger partial charge on any atom is -0.458 e. The summed E-state index contributed by atoms with van der Waals surface area (Å²) in [5, 5.41) is 0. The molecule has 0 spiro atoms. The predicted octanol–water partition coefficient (Wildman–Crippen LogP) is 5.17. The fraction of sp³-hybridized carbons (Fsp3) is 0.714. The fourth-order valence-electron chi connectivity index (χ4n) is 7.67. The first-order valence-corrected chi connectivity index (χ1v) is 12.6. The van der Waals surface area contributed by atoms with Gasteiger partial charge >= 0.3 is 5.97 Å². The lowest BCUT2D eigenvalue weighted by atomic mass is 9.48. The van der Waals surface area contributed by atoms with Crippen molar-refractivity contribution in [2.24, 2.45) is 34.0 Å². The molecule has 2 saturated carbocycles. The first-order chi connectivity index (χ1) is 15.4. The van der Waals surface area contributed by atoms with Crippen LogP contribution < -0.4 is 0 Å². The van der Waals surface area contributed by atoms with Gasteiger partial charge in [-0.25, -0.2) is 0 Å². The summed E-state index contributed by atoms with van der Waals surface area (Å²) in [4.78, 5) is 48.8. The summed E-state index contributed by atoms with van der Waals surface area (Å²) in [6.07, 6.45) is 9.82. The van der Waals surface area contributed by atoms with E-state index in [0.29, 0.717) is 18.3 Å². The SMILES string of the molecule is CC(=O)CCC(=O)OCC(=O)[C@@]1(C)[C@@H](C)CC2C3CCC4=CC(=O)CC[C@]4(C)C3=CC[C@@]21C. The zero-order chi connectivity index (χ0) is 24.2. The molecule has 4 aliphatic rings. The molecule has 0 bridgehead atoms. The third-order valence-corrected chi connectivity index (χ3v) is 10.1. The van der Waals surface area contributed by atoms with Crippen LogP contribution >= 0.6 is 0 Å². The quantitative estimate of drug-likeness (QED) is 0.409. The van der Waals surface area contributed by atoms with Gasteiger partial charge in [0, 0.05) is 23.7 Å². The zero-order valence-corrected chi connectivity index (χ0v) is 20.8. The van der Waals surface area contributed by atoms with E-state index in [1.807, 2.05) is 6.08 Å². The molecule has 0 heterocycles. The second-order valence-electron chi connectivity index (χ2n) is 11.6. The van der Waals surface area contributed by atoms with Crippen LogP contribution in [-0.4, -0.2) is 29.9 Å². The van der Waals surface area contributed by atoms with Gasteiger partial charge in [0.25, 0.3) is 0 Å². The minimum atomic E-state index is -0.569. The molecule has 0 aromatic rings. The average Bonchev–Trinajstić information content (AvgIpc) is 2.98. The number of fused-ring (bicyclic) bond motifs is 5. The first-order valence-electron chi connectivity index (χ1n) is 12.6. The van der Waals surface area contributed by atoms with Gasteiger partial charge in [0.05, 0.1) is 6.42 Å². The fourth-order valence-corrected chi connectivity index (χ4v) is 7.67. The lowest BCUT2D eigenvalue weighted by Gasteiger charge is -2.55. The Morgan fingerprint density at radius 3 is 2.55 bits per heavy atom. The number of ether oxygens (including phenoxy) is 1. The van der Waals surface area contributed by atoms with Crippen molar-refractivity contribution in [1.82, 2.24) is 0 Å². The molecule has 0 N–H and O–H groups in total. The molecule has 5 heteroatoms. The predicted molar refractivity (Wildman–Crippen MR) is 125 cm³/mol. The lowest BCUT2D eigenvalue weighted by Crippen LogP contribution is -2.51. The number of Topliss-reactive ketones (excluding diaryl/α,β-unsaturated/α-hetero) is 2. The smallest absolute Gasteiger partial charge is 0.306 e. The summed E-state index contributed by atoms with van der Waals surface area (Å²) in [6.45, 7) is 10.1. The zero-order valence-electron chi connectivity index (χ0n) is 20.8. The van der Waals surface area contributed by atoms with Crippen LogP contribution in [0.15, 0.2) is 23.3 Å². The molecule has 2 fully saturated rings. The monoisotopic (exact) mass is 454 g/mol. The maximum absolute atomic E-state index is 13.6. The molecular formula is C28H38O5. The van der Waals surface area contributed by atoms with Crippen molar-refractivity contribution in [1.29, 1.82) is 0 Å². The van der Waals surface area contributed by atoms with Crippen LogP contribution in [0.4, 0.5) is 0 Å². The van der Waals surface area contributed by atoms with Gasteiger partial charge in [-0.05, 0) is 68.3 Å². The maximum Gasteiger partial charge on any atom is 0.306 e. The summed E-state index contributed by atoms with van der Waals surface area (Å²) in [5.74, 6) is 0.760. The number of allylic oxidation sites excluding steroid dienone is 4. The number of esters is 1. The molecule has 6 atom stereocenters. The Balaban J connectivity index is 1.57. The Kier molecular flexibility index (Phi) is 6.07. The molecule has 4 aliphatic carbocycles. The van der Waals surface area contributed by atoms with E-state index in [1.165, 1.54) is 18.1 Å². The molecule has 4 rings (SSSR count). The van der Waals surface area contributed by atoms with Crippen LogP contribution in [0.3, 0.4) is 0 Å². The summed E-state index contributed by atoms with van der Waals surface area (Å²) in [7, 11) is 0. The second kappa shape index (κ2) is 8.32. The van der Waals surface area contributed by atoms with Crippen LogP contribution in [0.25, 0.3) is 0 Å². The van der Waals surface area contributed by atoms with Crippen molar-refractivity contribution in [2.75, 3.05) is 6.61 Å². The van der Waals surface area contributed by atoms with Crippen molar-refractivity contribution in [3.05, 3.63) is 23.3 Å². The third-order valence-electron chi connectivity index (χ3n) is 10.1. The standard InChI is InChI=1S/C28H38O5/c1-17-14-23-21-8-7-19-15-20(30)10-12-26(19,3)22(21)11-13-27(23,4)28(17,5)24(31)16-33-25(32)9-6-18(2)29/h11,15,17,21,23H,6-10,12-14,16H2,1-5H3/t17-,21?,23?,26-,27-,28+/m0/s1. The molecule has 0 aromatic heterocycles. The van der Waals surface area contributed by atoms with E-state index in [-0.39, 0.29) is 53.5 Å². The van der Waals surface area contributed by atoms with E-state index >= 15 is 0 Å². The maximum atomic E-state index is 13.6. The van der Waals surface area contributed by atoms with Crippen LogP contribution in [-0.2, 0) is 23.9 Å². The highest BCUT2D eigenvalue weighted by molar-refractivity contribution is 5.92. The Hall–Kier alpha value is -2.04. The molecule has 0 radical (unpaired) electrons. The molecule has 0 amide bonds. The molecule has 0 saturated heterocycles. The Bertz CT molecular complexity index is 957. The van der Waals surface area contributed by atoms with Gasteiger partial charge in [-0.15, -0.1) is 0 Å². The van der Waals surface area contributed by atoms with E-state index < -0.39 is 11.4 Å². The molecule has 2 unspecified atom stereocenters. The van der Waals surface area contributed by atoms with E-state index in [2.05, 4.69) is 33.8 Å². The van der Waals surface area contributed by atoms with Crippen LogP contribution in [0.5, 0.6) is 0 Å². The Morgan fingerprint density at radius 2 is 1.85 bits per heavy atom. The summed E-state index contributed by atoms with van der Waals surface area (Å²) in [5.41, 5.74) is 2.02. The number of ketones is 3. The first kappa shape index (κ1) is 24.1. The van der Waals surface area contributed by atoms with Crippen molar-refractivity contribution < 1.29 is 23.9 Å². The van der Waals surface area contributed by atoms with Crippen molar-refractivity contribution >= 4 is 23.3 Å². The highest BCUT2D eigenvalue weighted by Crippen LogP contribution is 2.69. The van der Waals surface area contributed by atoms with Crippen LogP contribution in [0, 0.1) is 34.0 Å². The summed E-state index contributed by atoms with van der Waals surface area (Å²) >= 11 is 0. The van der Waals surface area contributed by atoms with Crippen molar-refractivity contribution in [3.8, 4) is 0 Å². The van der Waals surface area contributed by atoms with Gasteiger partial charge in [-0.3, -0.25) is 14.4 Å². The van der Waals surface area contributed by atoms with Gasteiger partial charge in [-0.1, -0.05) is 44.9 Å². The Morgan fingerprint density at radius 1 is 1.12 bits per heavy atom. The molecular weight excluding hydrogens is 416 g/mol. The summed E-state index contributed by atoms with van der Waals surface area (Å²) < 4.78 is 5.31. The number of carbonyl (C=O) groups excluding carboxylic acids is 4. The highest BCUT2D eigenvalue weighted by atomic mass is 16.5. The van der Waals surface area contributed by atoms with E-state index in [1.54, 1.807) is 0 Å². The van der Waals surface area contributed by atoms with E-state index in [4.69, 9.17) is 4.74 Å². The van der Waals surface area contributed by atoms with Gasteiger partial charge in [-0.2, -0.15) is 0 Å². The molecule has 180 valence electrons. The largest absolute Gasteiger partial charge is 0.458 e. The number of hydrogen-bond acceptors (Lipinski definition) is 5. The molecule has 0 aromatic carbocycles. The van der Waals surface area contributed by atoms with Gasteiger partial charge < -0.3 is 9.53 Å². The Labute approximate surface area is 197 Å². The normalized spacial score (nSPS) is 39.5. The highest BCUT2D eigenvalue weighted by Gasteiger charge is 2.65. The third kappa shape index (κ3) is 3.66. The minimum absolute atomic E-state index is 0.00102. The number of rotatable bonds is 6. The second-order valence-corrected chi connectivity index (χ2v) is 11.6. The average molecular weight is 455 g/mol. The van der Waals surface area contributed by atoms with E-state index in [0.717, 1.165) is 32.1 Å². The summed E-state index contributed by atoms with van der Waals surface area (Å²) in [6, 6.07) is 0. The molecule has 5 nitrogen and oxygen atoms in total. The van der Waals surface area contributed by atoms with Crippen LogP contribution in [0.1, 0.15) is 86.0 Å². The van der Waals surface area contributed by atoms with Gasteiger partial charge in [0.2, 0.25) is 0 Å².